The van der Waals surface area contributed by atoms with Crippen LogP contribution in [0.2, 0.25) is 5.15 Å². The van der Waals surface area contributed by atoms with E-state index in [1.165, 1.54) is 12.8 Å². The van der Waals surface area contributed by atoms with Gasteiger partial charge in [0.15, 0.2) is 5.82 Å². The van der Waals surface area contributed by atoms with E-state index in [4.69, 9.17) is 16.3 Å². The van der Waals surface area contributed by atoms with Crippen LogP contribution in [0.25, 0.3) is 11.4 Å². The molecule has 4 nitrogen and oxygen atoms in total. The van der Waals surface area contributed by atoms with Crippen LogP contribution in [0.4, 0.5) is 0 Å². The number of phenols is 1. The van der Waals surface area contributed by atoms with Crippen LogP contribution in [0, 0.1) is 5.92 Å². The van der Waals surface area contributed by atoms with Crippen molar-refractivity contribution < 1.29 is 9.84 Å². The molecule has 0 aliphatic rings. The molecule has 0 radical (unpaired) electrons. The van der Waals surface area contributed by atoms with Crippen molar-refractivity contribution in [2.45, 2.75) is 39.5 Å². The Morgan fingerprint density at radius 1 is 1.22 bits per heavy atom. The highest BCUT2D eigenvalue weighted by atomic mass is 35.5. The lowest BCUT2D eigenvalue weighted by Crippen LogP contribution is -2.12. The van der Waals surface area contributed by atoms with Gasteiger partial charge in [0.05, 0.1) is 12.2 Å². The van der Waals surface area contributed by atoms with Crippen molar-refractivity contribution in [3.05, 3.63) is 35.5 Å². The van der Waals surface area contributed by atoms with Crippen molar-refractivity contribution >= 4 is 11.6 Å². The van der Waals surface area contributed by atoms with Crippen LogP contribution in [0.3, 0.4) is 0 Å². The predicted octanol–water partition coefficient (Wildman–Crippen LogP) is 5.10. The van der Waals surface area contributed by atoms with Crippen molar-refractivity contribution in [3.8, 4) is 23.0 Å². The molecule has 0 spiro atoms. The number of aromatic nitrogens is 2. The molecule has 0 fully saturated rings. The molecule has 23 heavy (non-hydrogen) atoms. The monoisotopic (exact) mass is 334 g/mol. The summed E-state index contributed by atoms with van der Waals surface area (Å²) in [4.78, 5) is 8.55. The molecule has 0 saturated carbocycles. The molecule has 1 N–H and O–H groups in total. The molecule has 2 aromatic rings. The van der Waals surface area contributed by atoms with E-state index in [2.05, 4.69) is 23.8 Å². The van der Waals surface area contributed by atoms with Gasteiger partial charge in [0.25, 0.3) is 0 Å². The molecule has 0 bridgehead atoms. The number of hydrogen-bond acceptors (Lipinski definition) is 4. The maximum Gasteiger partial charge on any atom is 0.218 e. The normalized spacial score (nSPS) is 12.1. The topological polar surface area (TPSA) is 55.2 Å². The number of phenolic OH excluding ortho intramolecular Hbond substituents is 1. The first-order valence-electron chi connectivity index (χ1n) is 8.09. The zero-order chi connectivity index (χ0) is 16.7. The molecule has 124 valence electrons. The van der Waals surface area contributed by atoms with Crippen molar-refractivity contribution in [2.75, 3.05) is 6.61 Å². The van der Waals surface area contributed by atoms with Gasteiger partial charge < -0.3 is 9.84 Å². The molecule has 1 heterocycles. The lowest BCUT2D eigenvalue weighted by molar-refractivity contribution is 0.226. The summed E-state index contributed by atoms with van der Waals surface area (Å²) in [5, 5.41) is 10.2. The van der Waals surface area contributed by atoms with Gasteiger partial charge in [-0.25, -0.2) is 4.98 Å². The van der Waals surface area contributed by atoms with Crippen LogP contribution in [0.15, 0.2) is 30.3 Å². The highest BCUT2D eigenvalue weighted by molar-refractivity contribution is 6.29. The molecule has 2 rings (SSSR count). The van der Waals surface area contributed by atoms with E-state index in [1.54, 1.807) is 24.3 Å². The summed E-state index contributed by atoms with van der Waals surface area (Å²) < 4.78 is 5.82. The number of unbranched alkanes of at least 4 members (excludes halogenated alkanes) is 1. The van der Waals surface area contributed by atoms with Crippen molar-refractivity contribution in [2.24, 2.45) is 5.92 Å². The predicted molar refractivity (Wildman–Crippen MR) is 92.9 cm³/mol. The molecule has 0 aliphatic carbocycles. The summed E-state index contributed by atoms with van der Waals surface area (Å²) in [5.74, 6) is 1.44. The summed E-state index contributed by atoms with van der Waals surface area (Å²) in [6.07, 6.45) is 4.62. The van der Waals surface area contributed by atoms with Crippen LogP contribution < -0.4 is 4.74 Å². The molecule has 0 saturated heterocycles. The fourth-order valence-corrected chi connectivity index (χ4v) is 2.53. The second kappa shape index (κ2) is 8.73. The van der Waals surface area contributed by atoms with Gasteiger partial charge in [0, 0.05) is 6.07 Å². The number of ether oxygens (including phenoxy) is 1. The molecular weight excluding hydrogens is 312 g/mol. The lowest BCUT2D eigenvalue weighted by Gasteiger charge is -2.15. The molecule has 1 aromatic heterocycles. The quantitative estimate of drug-likeness (QED) is 0.682. The van der Waals surface area contributed by atoms with E-state index in [1.807, 2.05) is 6.07 Å². The Morgan fingerprint density at radius 3 is 2.70 bits per heavy atom. The Labute approximate surface area is 142 Å². The molecule has 1 aromatic carbocycles. The summed E-state index contributed by atoms with van der Waals surface area (Å²) in [6, 6.07) is 8.52. The number of para-hydroxylation sites is 1. The van der Waals surface area contributed by atoms with Gasteiger partial charge in [-0.1, -0.05) is 56.8 Å². The van der Waals surface area contributed by atoms with E-state index < -0.39 is 0 Å². The second-order valence-corrected chi connectivity index (χ2v) is 5.98. The second-order valence-electron chi connectivity index (χ2n) is 5.60. The SMILES string of the molecule is CCCCC(CC)COc1cc(Cl)nc(-c2ccccc2O)n1. The van der Waals surface area contributed by atoms with E-state index >= 15 is 0 Å². The minimum Gasteiger partial charge on any atom is -0.507 e. The highest BCUT2D eigenvalue weighted by Gasteiger charge is 2.12. The maximum atomic E-state index is 9.94. The van der Waals surface area contributed by atoms with Gasteiger partial charge in [0.1, 0.15) is 10.9 Å². The summed E-state index contributed by atoms with van der Waals surface area (Å²) >= 11 is 6.07. The Morgan fingerprint density at radius 2 is 2.00 bits per heavy atom. The number of halogens is 1. The van der Waals surface area contributed by atoms with Gasteiger partial charge in [0.2, 0.25) is 5.88 Å². The highest BCUT2D eigenvalue weighted by Crippen LogP contribution is 2.28. The average Bonchev–Trinajstić information content (AvgIpc) is 2.55. The smallest absolute Gasteiger partial charge is 0.218 e. The first kappa shape index (κ1) is 17.5. The fourth-order valence-electron chi connectivity index (χ4n) is 2.36. The van der Waals surface area contributed by atoms with Gasteiger partial charge in [-0.15, -0.1) is 0 Å². The van der Waals surface area contributed by atoms with Gasteiger partial charge >= 0.3 is 0 Å². The van der Waals surface area contributed by atoms with E-state index in [0.29, 0.717) is 34.9 Å². The summed E-state index contributed by atoms with van der Waals surface area (Å²) in [7, 11) is 0. The fraction of sp³-hybridized carbons (Fsp3) is 0.444. The van der Waals surface area contributed by atoms with Crippen LogP contribution in [-0.4, -0.2) is 21.7 Å². The minimum absolute atomic E-state index is 0.120. The van der Waals surface area contributed by atoms with Gasteiger partial charge in [-0.2, -0.15) is 4.98 Å². The summed E-state index contributed by atoms with van der Waals surface area (Å²) in [5.41, 5.74) is 0.540. The molecule has 1 atom stereocenters. The summed E-state index contributed by atoms with van der Waals surface area (Å²) in [6.45, 7) is 4.98. The zero-order valence-electron chi connectivity index (χ0n) is 13.6. The largest absolute Gasteiger partial charge is 0.507 e. The molecule has 0 aliphatic heterocycles. The first-order chi connectivity index (χ1) is 11.1. The number of benzene rings is 1. The van der Waals surface area contributed by atoms with Crippen LogP contribution in [-0.2, 0) is 0 Å². The lowest BCUT2D eigenvalue weighted by atomic mass is 10.0. The third-order valence-corrected chi connectivity index (χ3v) is 4.02. The van der Waals surface area contributed by atoms with Crippen molar-refractivity contribution in [1.82, 2.24) is 9.97 Å². The molecule has 5 heteroatoms. The number of nitrogens with zero attached hydrogens (tertiary/aromatic N) is 2. The van der Waals surface area contributed by atoms with E-state index in [0.717, 1.165) is 12.8 Å². The van der Waals surface area contributed by atoms with Crippen LogP contribution in [0.1, 0.15) is 39.5 Å². The first-order valence-corrected chi connectivity index (χ1v) is 8.47. The van der Waals surface area contributed by atoms with Crippen molar-refractivity contribution in [3.63, 3.8) is 0 Å². The minimum atomic E-state index is 0.120. The third kappa shape index (κ3) is 5.10. The zero-order valence-corrected chi connectivity index (χ0v) is 14.4. The van der Waals surface area contributed by atoms with Crippen LogP contribution in [0.5, 0.6) is 11.6 Å². The number of rotatable bonds is 8. The Hall–Kier alpha value is -1.81. The molecule has 0 amide bonds. The Kier molecular flexibility index (Phi) is 6.66. The molecule has 1 unspecified atom stereocenters. The number of hydrogen-bond donors (Lipinski definition) is 1. The standard InChI is InChI=1S/C18H23ClN2O2/c1-3-5-8-13(4-2)12-23-17-11-16(19)20-18(21-17)14-9-6-7-10-15(14)22/h6-7,9-11,13,22H,3-5,8,12H2,1-2H3. The van der Waals surface area contributed by atoms with E-state index in [9.17, 15) is 5.11 Å². The van der Waals surface area contributed by atoms with Crippen molar-refractivity contribution in [1.29, 1.82) is 0 Å². The Balaban J connectivity index is 2.13. The molecular formula is C18H23ClN2O2. The van der Waals surface area contributed by atoms with Crippen LogP contribution >= 0.6 is 11.6 Å². The average molecular weight is 335 g/mol. The van der Waals surface area contributed by atoms with Gasteiger partial charge in [-0.3, -0.25) is 0 Å². The third-order valence-electron chi connectivity index (χ3n) is 3.83. The van der Waals surface area contributed by atoms with Gasteiger partial charge in [-0.05, 0) is 24.5 Å². The van der Waals surface area contributed by atoms with E-state index in [-0.39, 0.29) is 5.75 Å². The Bertz CT molecular complexity index is 634. The number of aromatic hydroxyl groups is 1. The maximum absolute atomic E-state index is 9.94.